The number of nitrogens with zero attached hydrogens (tertiary/aromatic N) is 2. The van der Waals surface area contributed by atoms with Crippen LogP contribution in [0.1, 0.15) is 32.1 Å². The first-order valence-electron chi connectivity index (χ1n) is 9.13. The van der Waals surface area contributed by atoms with Gasteiger partial charge in [-0.25, -0.2) is 8.42 Å². The SMILES string of the molecule is COc1ccc(S(=O)(=O)N2CCCCCC2)cc1NC1CCN(C)C1=O. The molecule has 1 atom stereocenters. The first kappa shape index (κ1) is 19.0. The van der Waals surface area contributed by atoms with Crippen molar-refractivity contribution in [2.24, 2.45) is 0 Å². The maximum Gasteiger partial charge on any atom is 0.244 e. The molecule has 1 aromatic rings. The molecule has 2 fully saturated rings. The average molecular weight is 381 g/mol. The molecular formula is C18H27N3O4S. The van der Waals surface area contributed by atoms with Crippen molar-refractivity contribution in [3.8, 4) is 5.75 Å². The quantitative estimate of drug-likeness (QED) is 0.843. The average Bonchev–Trinajstić information content (AvgIpc) is 2.86. The standard InChI is InChI=1S/C18H27N3O4S/c1-20-12-9-15(18(20)22)19-16-13-14(7-8-17(16)25-2)26(23,24)21-10-5-3-4-6-11-21/h7-8,13,15,19H,3-6,9-12H2,1-2H3. The molecule has 2 heterocycles. The first-order chi connectivity index (χ1) is 12.4. The lowest BCUT2D eigenvalue weighted by molar-refractivity contribution is -0.127. The van der Waals surface area contributed by atoms with Crippen LogP contribution < -0.4 is 10.1 Å². The molecule has 26 heavy (non-hydrogen) atoms. The summed E-state index contributed by atoms with van der Waals surface area (Å²) < 4.78 is 33.0. The number of likely N-dealkylation sites (N-methyl/N-ethyl adjacent to an activating group) is 1. The molecule has 2 aliphatic heterocycles. The summed E-state index contributed by atoms with van der Waals surface area (Å²) in [4.78, 5) is 14.1. The number of hydrogen-bond donors (Lipinski definition) is 1. The summed E-state index contributed by atoms with van der Waals surface area (Å²) >= 11 is 0. The van der Waals surface area contributed by atoms with Crippen LogP contribution in [-0.4, -0.2) is 63.4 Å². The Morgan fingerprint density at radius 3 is 2.38 bits per heavy atom. The van der Waals surface area contributed by atoms with Crippen molar-refractivity contribution in [3.05, 3.63) is 18.2 Å². The molecule has 0 bridgehead atoms. The van der Waals surface area contributed by atoms with Gasteiger partial charge in [-0.05, 0) is 37.5 Å². The van der Waals surface area contributed by atoms with Gasteiger partial charge in [0.05, 0.1) is 17.7 Å². The van der Waals surface area contributed by atoms with Gasteiger partial charge in [0.1, 0.15) is 11.8 Å². The third-order valence-corrected chi connectivity index (χ3v) is 7.03. The van der Waals surface area contributed by atoms with Crippen LogP contribution >= 0.6 is 0 Å². The molecule has 3 rings (SSSR count). The maximum atomic E-state index is 13.0. The smallest absolute Gasteiger partial charge is 0.244 e. The second kappa shape index (κ2) is 7.84. The predicted octanol–water partition coefficient (Wildman–Crippen LogP) is 1.90. The van der Waals surface area contributed by atoms with Gasteiger partial charge in [0.2, 0.25) is 15.9 Å². The van der Waals surface area contributed by atoms with Crippen molar-refractivity contribution < 1.29 is 17.9 Å². The Morgan fingerprint density at radius 1 is 1.12 bits per heavy atom. The largest absolute Gasteiger partial charge is 0.495 e. The minimum atomic E-state index is -3.55. The Balaban J connectivity index is 1.87. The molecule has 0 aromatic heterocycles. The molecule has 1 unspecified atom stereocenters. The van der Waals surface area contributed by atoms with Crippen LogP contribution in [0.2, 0.25) is 0 Å². The predicted molar refractivity (Wildman–Crippen MR) is 99.9 cm³/mol. The van der Waals surface area contributed by atoms with Gasteiger partial charge in [-0.15, -0.1) is 0 Å². The Bertz CT molecular complexity index is 758. The van der Waals surface area contributed by atoms with E-state index in [-0.39, 0.29) is 16.8 Å². The number of sulfonamides is 1. The molecule has 8 heteroatoms. The van der Waals surface area contributed by atoms with Gasteiger partial charge >= 0.3 is 0 Å². The highest BCUT2D eigenvalue weighted by molar-refractivity contribution is 7.89. The molecule has 2 saturated heterocycles. The number of amides is 1. The van der Waals surface area contributed by atoms with Crippen LogP contribution in [0, 0.1) is 0 Å². The first-order valence-corrected chi connectivity index (χ1v) is 10.6. The summed E-state index contributed by atoms with van der Waals surface area (Å²) in [6, 6.07) is 4.46. The lowest BCUT2D eigenvalue weighted by Crippen LogP contribution is -2.32. The van der Waals surface area contributed by atoms with E-state index in [1.165, 1.54) is 7.11 Å². The molecule has 144 valence electrons. The highest BCUT2D eigenvalue weighted by Crippen LogP contribution is 2.31. The van der Waals surface area contributed by atoms with E-state index in [4.69, 9.17) is 4.74 Å². The minimum Gasteiger partial charge on any atom is -0.495 e. The molecule has 1 aromatic carbocycles. The molecule has 2 aliphatic rings. The van der Waals surface area contributed by atoms with Gasteiger partial charge in [0.15, 0.2) is 0 Å². The van der Waals surface area contributed by atoms with E-state index in [0.29, 0.717) is 37.5 Å². The number of ether oxygens (including phenoxy) is 1. The molecule has 0 spiro atoms. The fourth-order valence-corrected chi connectivity index (χ4v) is 5.08. The number of benzene rings is 1. The van der Waals surface area contributed by atoms with Crippen LogP contribution in [0.15, 0.2) is 23.1 Å². The van der Waals surface area contributed by atoms with Crippen molar-refractivity contribution in [3.63, 3.8) is 0 Å². The van der Waals surface area contributed by atoms with Crippen molar-refractivity contribution in [1.82, 2.24) is 9.21 Å². The lowest BCUT2D eigenvalue weighted by Gasteiger charge is -2.22. The van der Waals surface area contributed by atoms with E-state index in [2.05, 4.69) is 5.32 Å². The monoisotopic (exact) mass is 381 g/mol. The Morgan fingerprint density at radius 2 is 1.81 bits per heavy atom. The second-order valence-electron chi connectivity index (χ2n) is 6.93. The topological polar surface area (TPSA) is 79.0 Å². The number of anilines is 1. The minimum absolute atomic E-state index is 0.00725. The van der Waals surface area contributed by atoms with Gasteiger partial charge in [0, 0.05) is 26.7 Å². The molecular weight excluding hydrogens is 354 g/mol. The van der Waals surface area contributed by atoms with Gasteiger partial charge in [0.25, 0.3) is 0 Å². The van der Waals surface area contributed by atoms with Gasteiger partial charge in [-0.1, -0.05) is 12.8 Å². The summed E-state index contributed by atoms with van der Waals surface area (Å²) in [6.45, 7) is 1.80. The normalized spacial score (nSPS) is 22.3. The Hall–Kier alpha value is -1.80. The van der Waals surface area contributed by atoms with Crippen molar-refractivity contribution >= 4 is 21.6 Å². The molecule has 0 aliphatic carbocycles. The summed E-state index contributed by atoms with van der Waals surface area (Å²) in [5.41, 5.74) is 0.539. The van der Waals surface area contributed by atoms with E-state index in [9.17, 15) is 13.2 Å². The molecule has 0 saturated carbocycles. The number of likely N-dealkylation sites (tertiary alicyclic amines) is 1. The Labute approximate surface area is 155 Å². The van der Waals surface area contributed by atoms with Crippen molar-refractivity contribution in [2.75, 3.05) is 39.1 Å². The zero-order valence-electron chi connectivity index (χ0n) is 15.4. The fourth-order valence-electron chi connectivity index (χ4n) is 3.54. The van der Waals surface area contributed by atoms with E-state index in [1.807, 2.05) is 0 Å². The van der Waals surface area contributed by atoms with Gasteiger partial charge in [-0.2, -0.15) is 4.31 Å². The second-order valence-corrected chi connectivity index (χ2v) is 8.86. The summed E-state index contributed by atoms with van der Waals surface area (Å²) in [7, 11) is -0.249. The van der Waals surface area contributed by atoms with E-state index in [1.54, 1.807) is 34.5 Å². The number of hydrogen-bond acceptors (Lipinski definition) is 5. The number of carbonyl (C=O) groups is 1. The lowest BCUT2D eigenvalue weighted by atomic mass is 10.2. The molecule has 0 radical (unpaired) electrons. The molecule has 7 nitrogen and oxygen atoms in total. The molecule has 1 N–H and O–H groups in total. The third kappa shape index (κ3) is 3.81. The highest BCUT2D eigenvalue weighted by atomic mass is 32.2. The van der Waals surface area contributed by atoms with E-state index >= 15 is 0 Å². The van der Waals surface area contributed by atoms with E-state index < -0.39 is 10.0 Å². The number of carbonyl (C=O) groups excluding carboxylic acids is 1. The fraction of sp³-hybridized carbons (Fsp3) is 0.611. The molecule has 1 amide bonds. The van der Waals surface area contributed by atoms with Crippen molar-refractivity contribution in [2.45, 2.75) is 43.0 Å². The number of nitrogens with one attached hydrogen (secondary N) is 1. The zero-order valence-corrected chi connectivity index (χ0v) is 16.2. The van der Waals surface area contributed by atoms with Crippen molar-refractivity contribution in [1.29, 1.82) is 0 Å². The number of rotatable bonds is 5. The van der Waals surface area contributed by atoms with Gasteiger partial charge < -0.3 is 15.0 Å². The summed E-state index contributed by atoms with van der Waals surface area (Å²) in [6.07, 6.45) is 4.60. The van der Waals surface area contributed by atoms with Crippen LogP contribution in [0.3, 0.4) is 0 Å². The van der Waals surface area contributed by atoms with Crippen LogP contribution in [0.4, 0.5) is 5.69 Å². The van der Waals surface area contributed by atoms with Crippen LogP contribution in [-0.2, 0) is 14.8 Å². The highest BCUT2D eigenvalue weighted by Gasteiger charge is 2.31. The van der Waals surface area contributed by atoms with Crippen LogP contribution in [0.25, 0.3) is 0 Å². The van der Waals surface area contributed by atoms with Gasteiger partial charge in [-0.3, -0.25) is 4.79 Å². The zero-order chi connectivity index (χ0) is 18.7. The Kier molecular flexibility index (Phi) is 5.72. The summed E-state index contributed by atoms with van der Waals surface area (Å²) in [5, 5.41) is 3.17. The third-order valence-electron chi connectivity index (χ3n) is 5.13. The maximum absolute atomic E-state index is 13.0. The van der Waals surface area contributed by atoms with E-state index in [0.717, 1.165) is 25.7 Å². The summed E-state index contributed by atoms with van der Waals surface area (Å²) in [5.74, 6) is 0.537. The number of methoxy groups -OCH3 is 1. The van der Waals surface area contributed by atoms with Crippen LogP contribution in [0.5, 0.6) is 5.75 Å².